The highest BCUT2D eigenvalue weighted by Crippen LogP contribution is 2.31. The van der Waals surface area contributed by atoms with E-state index in [0.717, 1.165) is 27.7 Å². The van der Waals surface area contributed by atoms with Gasteiger partial charge in [0.2, 0.25) is 0 Å². The van der Waals surface area contributed by atoms with Crippen molar-refractivity contribution in [1.82, 2.24) is 15.2 Å². The molecule has 2 heterocycles. The monoisotopic (exact) mass is 481 g/mol. The quantitative estimate of drug-likeness (QED) is 0.538. The molecule has 1 unspecified atom stereocenters. The highest BCUT2D eigenvalue weighted by Gasteiger charge is 2.35. The standard InChI is InChI=1S/C20H15ClF3N5O2S/c1-11-26-27-18(32-11)16-10-29(28-17(16)12-2-4-13(21)5-3-12)19(30)25-14-6-8-15(9-7-14)31-20(22,23)24/h2-9,16H,10H2,1H3,(H,25,30). The number of hydrazone groups is 1. The summed E-state index contributed by atoms with van der Waals surface area (Å²) in [6.45, 7) is 2.07. The van der Waals surface area contributed by atoms with E-state index in [0.29, 0.717) is 16.4 Å². The molecule has 2 amide bonds. The van der Waals surface area contributed by atoms with Crippen molar-refractivity contribution in [3.05, 3.63) is 69.1 Å². The summed E-state index contributed by atoms with van der Waals surface area (Å²) in [5.41, 5.74) is 1.72. The zero-order chi connectivity index (χ0) is 22.9. The Hall–Kier alpha value is -3.18. The van der Waals surface area contributed by atoms with Gasteiger partial charge in [-0.25, -0.2) is 9.80 Å². The van der Waals surface area contributed by atoms with Crippen molar-refractivity contribution in [2.75, 3.05) is 11.9 Å². The molecule has 4 rings (SSSR count). The summed E-state index contributed by atoms with van der Waals surface area (Å²) in [5.74, 6) is -0.665. The van der Waals surface area contributed by atoms with Crippen LogP contribution in [0.15, 0.2) is 53.6 Å². The molecular weight excluding hydrogens is 467 g/mol. The number of halogens is 4. The first-order valence-electron chi connectivity index (χ1n) is 9.27. The first-order valence-corrected chi connectivity index (χ1v) is 10.5. The molecule has 0 fully saturated rings. The number of aryl methyl sites for hydroxylation is 1. The third kappa shape index (κ3) is 5.17. The lowest BCUT2D eigenvalue weighted by atomic mass is 9.98. The number of nitrogens with one attached hydrogen (secondary N) is 1. The minimum absolute atomic E-state index is 0.230. The fourth-order valence-electron chi connectivity index (χ4n) is 3.08. The van der Waals surface area contributed by atoms with Gasteiger partial charge in [0.1, 0.15) is 15.8 Å². The van der Waals surface area contributed by atoms with E-state index in [9.17, 15) is 18.0 Å². The van der Waals surface area contributed by atoms with Crippen molar-refractivity contribution in [2.24, 2.45) is 5.10 Å². The molecule has 0 saturated heterocycles. The first-order chi connectivity index (χ1) is 15.2. The summed E-state index contributed by atoms with van der Waals surface area (Å²) < 4.78 is 40.7. The third-order valence-electron chi connectivity index (χ3n) is 4.47. The number of alkyl halides is 3. The lowest BCUT2D eigenvalue weighted by Gasteiger charge is -2.15. The molecule has 1 atom stereocenters. The average molecular weight is 482 g/mol. The Labute approximate surface area is 189 Å². The van der Waals surface area contributed by atoms with E-state index in [-0.39, 0.29) is 18.2 Å². The highest BCUT2D eigenvalue weighted by molar-refractivity contribution is 7.11. The molecule has 0 spiro atoms. The second-order valence-corrected chi connectivity index (χ2v) is 8.44. The van der Waals surface area contributed by atoms with Gasteiger partial charge in [0.25, 0.3) is 0 Å². The van der Waals surface area contributed by atoms with E-state index in [1.807, 2.05) is 19.1 Å². The van der Waals surface area contributed by atoms with Gasteiger partial charge < -0.3 is 10.1 Å². The van der Waals surface area contributed by atoms with Crippen LogP contribution in [0.3, 0.4) is 0 Å². The second kappa shape index (κ2) is 8.75. The summed E-state index contributed by atoms with van der Waals surface area (Å²) in [6, 6.07) is 11.4. The molecule has 12 heteroatoms. The molecule has 1 N–H and O–H groups in total. The number of hydrogen-bond donors (Lipinski definition) is 1. The van der Waals surface area contributed by atoms with Crippen LogP contribution in [0.5, 0.6) is 5.75 Å². The van der Waals surface area contributed by atoms with Gasteiger partial charge >= 0.3 is 12.4 Å². The predicted molar refractivity (Wildman–Crippen MR) is 114 cm³/mol. The number of aromatic nitrogens is 2. The van der Waals surface area contributed by atoms with Gasteiger partial charge in [0, 0.05) is 10.7 Å². The molecular formula is C20H15ClF3N5O2S. The Kier molecular flexibility index (Phi) is 6.02. The smallest absolute Gasteiger partial charge is 0.406 e. The Morgan fingerprint density at radius 2 is 1.84 bits per heavy atom. The average Bonchev–Trinajstić information content (AvgIpc) is 3.35. The van der Waals surface area contributed by atoms with E-state index < -0.39 is 12.4 Å². The topological polar surface area (TPSA) is 79.7 Å². The lowest BCUT2D eigenvalue weighted by molar-refractivity contribution is -0.274. The molecule has 166 valence electrons. The molecule has 0 saturated carbocycles. The molecule has 2 aromatic carbocycles. The van der Waals surface area contributed by atoms with Crippen molar-refractivity contribution >= 4 is 40.4 Å². The zero-order valence-corrected chi connectivity index (χ0v) is 18.0. The minimum atomic E-state index is -4.79. The van der Waals surface area contributed by atoms with Crippen molar-refractivity contribution in [3.63, 3.8) is 0 Å². The fourth-order valence-corrected chi connectivity index (χ4v) is 4.00. The van der Waals surface area contributed by atoms with Gasteiger partial charge in [-0.3, -0.25) is 0 Å². The molecule has 3 aromatic rings. The van der Waals surface area contributed by atoms with Crippen LogP contribution in [0.1, 0.15) is 21.5 Å². The number of hydrogen-bond acceptors (Lipinski definition) is 6. The fraction of sp³-hybridized carbons (Fsp3) is 0.200. The number of rotatable bonds is 4. The lowest BCUT2D eigenvalue weighted by Crippen LogP contribution is -2.30. The summed E-state index contributed by atoms with van der Waals surface area (Å²) in [7, 11) is 0. The first kappa shape index (κ1) is 22.0. The number of urea groups is 1. The van der Waals surface area contributed by atoms with Crippen molar-refractivity contribution < 1.29 is 22.7 Å². The van der Waals surface area contributed by atoms with Gasteiger partial charge in [-0.15, -0.1) is 34.7 Å². The van der Waals surface area contributed by atoms with Gasteiger partial charge in [-0.05, 0) is 48.9 Å². The number of nitrogens with zero attached hydrogens (tertiary/aromatic N) is 4. The van der Waals surface area contributed by atoms with Gasteiger partial charge in [0.05, 0.1) is 18.2 Å². The normalized spacial score (nSPS) is 16.1. The maximum absolute atomic E-state index is 12.8. The molecule has 1 aliphatic rings. The number of benzene rings is 2. The molecule has 0 aliphatic carbocycles. The maximum atomic E-state index is 12.8. The zero-order valence-electron chi connectivity index (χ0n) is 16.4. The van der Waals surface area contributed by atoms with Crippen molar-refractivity contribution in [1.29, 1.82) is 0 Å². The molecule has 32 heavy (non-hydrogen) atoms. The predicted octanol–water partition coefficient (Wildman–Crippen LogP) is 5.43. The number of anilines is 1. The van der Waals surface area contributed by atoms with Crippen LogP contribution in [-0.2, 0) is 0 Å². The van der Waals surface area contributed by atoms with E-state index in [1.165, 1.54) is 28.5 Å². The van der Waals surface area contributed by atoms with Gasteiger partial charge in [-0.2, -0.15) is 5.10 Å². The molecule has 1 aliphatic heterocycles. The SMILES string of the molecule is Cc1nnc(C2CN(C(=O)Nc3ccc(OC(F)(F)F)cc3)N=C2c2ccc(Cl)cc2)s1. The summed E-state index contributed by atoms with van der Waals surface area (Å²) >= 11 is 7.40. The van der Waals surface area contributed by atoms with Crippen LogP contribution < -0.4 is 10.1 Å². The van der Waals surface area contributed by atoms with E-state index in [2.05, 4.69) is 25.4 Å². The van der Waals surface area contributed by atoms with Crippen LogP contribution in [0, 0.1) is 6.92 Å². The summed E-state index contributed by atoms with van der Waals surface area (Å²) in [5, 5.41) is 18.7. The number of amides is 2. The Bertz CT molecular complexity index is 1150. The van der Waals surface area contributed by atoms with Gasteiger partial charge in [-0.1, -0.05) is 23.7 Å². The van der Waals surface area contributed by atoms with E-state index in [1.54, 1.807) is 12.1 Å². The van der Waals surface area contributed by atoms with Crippen molar-refractivity contribution in [3.8, 4) is 5.75 Å². The molecule has 7 nitrogen and oxygen atoms in total. The van der Waals surface area contributed by atoms with Crippen LogP contribution in [0.25, 0.3) is 0 Å². The van der Waals surface area contributed by atoms with Crippen LogP contribution in [-0.4, -0.2) is 39.9 Å². The highest BCUT2D eigenvalue weighted by atomic mass is 35.5. The van der Waals surface area contributed by atoms with Crippen LogP contribution in [0.2, 0.25) is 5.02 Å². The second-order valence-electron chi connectivity index (χ2n) is 6.79. The third-order valence-corrected chi connectivity index (χ3v) is 5.67. The molecule has 0 radical (unpaired) electrons. The Balaban J connectivity index is 1.53. The van der Waals surface area contributed by atoms with Crippen LogP contribution >= 0.6 is 22.9 Å². The van der Waals surface area contributed by atoms with Crippen LogP contribution in [0.4, 0.5) is 23.7 Å². The minimum Gasteiger partial charge on any atom is -0.406 e. The summed E-state index contributed by atoms with van der Waals surface area (Å²) in [6.07, 6.45) is -4.79. The number of carbonyl (C=O) groups excluding carboxylic acids is 1. The number of carbonyl (C=O) groups is 1. The molecule has 1 aromatic heterocycles. The summed E-state index contributed by atoms with van der Waals surface area (Å²) in [4.78, 5) is 12.8. The number of ether oxygens (including phenoxy) is 1. The Morgan fingerprint density at radius 1 is 1.16 bits per heavy atom. The maximum Gasteiger partial charge on any atom is 0.573 e. The van der Waals surface area contributed by atoms with E-state index in [4.69, 9.17) is 11.6 Å². The Morgan fingerprint density at radius 3 is 2.44 bits per heavy atom. The van der Waals surface area contributed by atoms with E-state index >= 15 is 0 Å². The van der Waals surface area contributed by atoms with Gasteiger partial charge in [0.15, 0.2) is 0 Å². The largest absolute Gasteiger partial charge is 0.573 e. The molecule has 0 bridgehead atoms. The van der Waals surface area contributed by atoms with Crippen molar-refractivity contribution in [2.45, 2.75) is 19.2 Å².